The smallest absolute Gasteiger partial charge is 0.133 e. The van der Waals surface area contributed by atoms with Crippen molar-refractivity contribution in [2.45, 2.75) is 49.5 Å². The van der Waals surface area contributed by atoms with E-state index in [1.165, 1.54) is 35.3 Å². The fourth-order valence-corrected chi connectivity index (χ4v) is 3.59. The molecule has 0 fully saturated rings. The Balaban J connectivity index is 1.81. The highest BCUT2D eigenvalue weighted by Crippen LogP contribution is 2.33. The number of aryl methyl sites for hydroxylation is 2. The van der Waals surface area contributed by atoms with Crippen molar-refractivity contribution >= 4 is 17.6 Å². The van der Waals surface area contributed by atoms with E-state index in [4.69, 9.17) is 0 Å². The van der Waals surface area contributed by atoms with E-state index in [0.29, 0.717) is 0 Å². The van der Waals surface area contributed by atoms with E-state index in [0.717, 1.165) is 29.4 Å². The molecule has 1 aromatic heterocycles. The van der Waals surface area contributed by atoms with Crippen molar-refractivity contribution in [3.05, 3.63) is 41.2 Å². The van der Waals surface area contributed by atoms with Gasteiger partial charge in [0.25, 0.3) is 0 Å². The average molecular weight is 299 g/mol. The molecule has 1 N–H and O–H groups in total. The lowest BCUT2D eigenvalue weighted by atomic mass is 10.1. The molecule has 110 valence electrons. The molecule has 0 atom stereocenters. The topological polar surface area (TPSA) is 37.8 Å². The van der Waals surface area contributed by atoms with Crippen molar-refractivity contribution < 1.29 is 0 Å². The number of anilines is 1. The first-order chi connectivity index (χ1) is 10.3. The quantitative estimate of drug-likeness (QED) is 0.838. The Morgan fingerprint density at radius 2 is 2.05 bits per heavy atom. The first-order valence-corrected chi connectivity index (χ1v) is 8.44. The molecule has 0 saturated carbocycles. The van der Waals surface area contributed by atoms with Crippen LogP contribution in [0.3, 0.4) is 0 Å². The SMILES string of the molecule is CCCNc1ncnc(Sc2ccc3c(c2)CCC3)c1C. The zero-order valence-electron chi connectivity index (χ0n) is 12.6. The van der Waals surface area contributed by atoms with Crippen LogP contribution in [0.4, 0.5) is 5.82 Å². The molecule has 4 heteroatoms. The van der Waals surface area contributed by atoms with Crippen LogP contribution in [-0.4, -0.2) is 16.5 Å². The number of benzene rings is 1. The molecule has 3 nitrogen and oxygen atoms in total. The predicted molar refractivity (Wildman–Crippen MR) is 88.1 cm³/mol. The van der Waals surface area contributed by atoms with Gasteiger partial charge in [-0.2, -0.15) is 0 Å². The lowest BCUT2D eigenvalue weighted by molar-refractivity contribution is 0.911. The summed E-state index contributed by atoms with van der Waals surface area (Å²) in [4.78, 5) is 10.1. The van der Waals surface area contributed by atoms with Crippen LogP contribution in [0.15, 0.2) is 34.4 Å². The largest absolute Gasteiger partial charge is 0.370 e. The summed E-state index contributed by atoms with van der Waals surface area (Å²) in [6, 6.07) is 6.82. The predicted octanol–water partition coefficient (Wildman–Crippen LogP) is 4.25. The van der Waals surface area contributed by atoms with Crippen LogP contribution in [0.1, 0.15) is 36.5 Å². The number of hydrogen-bond acceptors (Lipinski definition) is 4. The van der Waals surface area contributed by atoms with Gasteiger partial charge >= 0.3 is 0 Å². The minimum atomic E-state index is 0.945. The molecular formula is C17H21N3S. The second kappa shape index (κ2) is 6.48. The molecule has 3 rings (SSSR count). The van der Waals surface area contributed by atoms with E-state index in [9.17, 15) is 0 Å². The molecule has 1 aliphatic carbocycles. The van der Waals surface area contributed by atoms with Gasteiger partial charge in [-0.3, -0.25) is 0 Å². The number of aromatic nitrogens is 2. The summed E-state index contributed by atoms with van der Waals surface area (Å²) in [5.74, 6) is 0.954. The number of nitrogens with zero attached hydrogens (tertiary/aromatic N) is 2. The van der Waals surface area contributed by atoms with Gasteiger partial charge in [0.05, 0.1) is 0 Å². The molecule has 0 aliphatic heterocycles. The molecule has 0 radical (unpaired) electrons. The third-order valence-electron chi connectivity index (χ3n) is 3.86. The third kappa shape index (κ3) is 3.21. The Bertz CT molecular complexity index is 640. The molecule has 0 amide bonds. The summed E-state index contributed by atoms with van der Waals surface area (Å²) < 4.78 is 0. The van der Waals surface area contributed by atoms with Crippen molar-refractivity contribution in [3.8, 4) is 0 Å². The second-order valence-corrected chi connectivity index (χ2v) is 6.53. The van der Waals surface area contributed by atoms with E-state index in [1.807, 2.05) is 0 Å². The Kier molecular flexibility index (Phi) is 4.44. The van der Waals surface area contributed by atoms with E-state index in [2.05, 4.69) is 47.3 Å². The van der Waals surface area contributed by atoms with Gasteiger partial charge in [-0.05, 0) is 55.9 Å². The highest BCUT2D eigenvalue weighted by atomic mass is 32.2. The second-order valence-electron chi connectivity index (χ2n) is 5.47. The van der Waals surface area contributed by atoms with Crippen LogP contribution in [0.2, 0.25) is 0 Å². The molecule has 0 spiro atoms. The van der Waals surface area contributed by atoms with Gasteiger partial charge in [0.1, 0.15) is 17.2 Å². The summed E-state index contributed by atoms with van der Waals surface area (Å²) in [5.41, 5.74) is 4.16. The molecular weight excluding hydrogens is 278 g/mol. The summed E-state index contributed by atoms with van der Waals surface area (Å²) in [6.45, 7) is 5.19. The average Bonchev–Trinajstić information content (AvgIpc) is 2.96. The van der Waals surface area contributed by atoms with Gasteiger partial charge in [-0.25, -0.2) is 9.97 Å². The highest BCUT2D eigenvalue weighted by molar-refractivity contribution is 7.99. The maximum Gasteiger partial charge on any atom is 0.133 e. The van der Waals surface area contributed by atoms with Gasteiger partial charge in [-0.15, -0.1) is 0 Å². The Morgan fingerprint density at radius 3 is 2.90 bits per heavy atom. The van der Waals surface area contributed by atoms with Crippen LogP contribution >= 0.6 is 11.8 Å². The van der Waals surface area contributed by atoms with Gasteiger partial charge < -0.3 is 5.32 Å². The van der Waals surface area contributed by atoms with Crippen molar-refractivity contribution in [3.63, 3.8) is 0 Å². The first kappa shape index (κ1) is 14.4. The maximum absolute atomic E-state index is 4.45. The summed E-state index contributed by atoms with van der Waals surface area (Å²) in [5, 5.41) is 4.41. The zero-order chi connectivity index (χ0) is 14.7. The van der Waals surface area contributed by atoms with Crippen LogP contribution in [0.25, 0.3) is 0 Å². The van der Waals surface area contributed by atoms with Gasteiger partial charge in [-0.1, -0.05) is 24.8 Å². The molecule has 0 saturated heterocycles. The fraction of sp³-hybridized carbons (Fsp3) is 0.412. The Labute approximate surface area is 130 Å². The first-order valence-electron chi connectivity index (χ1n) is 7.63. The minimum Gasteiger partial charge on any atom is -0.370 e. The Hall–Kier alpha value is -1.55. The molecule has 1 heterocycles. The van der Waals surface area contributed by atoms with E-state index >= 15 is 0 Å². The number of nitrogens with one attached hydrogen (secondary N) is 1. The van der Waals surface area contributed by atoms with Gasteiger partial charge in [0.2, 0.25) is 0 Å². The summed E-state index contributed by atoms with van der Waals surface area (Å²) >= 11 is 1.74. The van der Waals surface area contributed by atoms with Gasteiger partial charge in [0, 0.05) is 17.0 Å². The van der Waals surface area contributed by atoms with Crippen molar-refractivity contribution in [1.82, 2.24) is 9.97 Å². The molecule has 1 aliphatic rings. The van der Waals surface area contributed by atoms with Crippen LogP contribution in [-0.2, 0) is 12.8 Å². The van der Waals surface area contributed by atoms with Gasteiger partial charge in [0.15, 0.2) is 0 Å². The van der Waals surface area contributed by atoms with Crippen LogP contribution in [0.5, 0.6) is 0 Å². The zero-order valence-corrected chi connectivity index (χ0v) is 13.5. The normalized spacial score (nSPS) is 13.2. The third-order valence-corrected chi connectivity index (χ3v) is 4.96. The number of rotatable bonds is 5. The van der Waals surface area contributed by atoms with Crippen molar-refractivity contribution in [2.75, 3.05) is 11.9 Å². The van der Waals surface area contributed by atoms with E-state index in [-0.39, 0.29) is 0 Å². The lowest BCUT2D eigenvalue weighted by Gasteiger charge is -2.11. The number of fused-ring (bicyclic) bond motifs is 1. The summed E-state index contributed by atoms with van der Waals surface area (Å²) in [6.07, 6.45) is 6.49. The molecule has 0 unspecified atom stereocenters. The minimum absolute atomic E-state index is 0.945. The Morgan fingerprint density at radius 1 is 1.19 bits per heavy atom. The molecule has 1 aromatic carbocycles. The standard InChI is InChI=1S/C17H21N3S/c1-3-9-18-16-12(2)17(20-11-19-16)21-15-8-7-13-5-4-6-14(13)10-15/h7-8,10-11H,3-6,9H2,1-2H3,(H,18,19,20). The number of hydrogen-bond donors (Lipinski definition) is 1. The summed E-state index contributed by atoms with van der Waals surface area (Å²) in [7, 11) is 0. The highest BCUT2D eigenvalue weighted by Gasteiger charge is 2.13. The van der Waals surface area contributed by atoms with E-state index < -0.39 is 0 Å². The lowest BCUT2D eigenvalue weighted by Crippen LogP contribution is -2.05. The van der Waals surface area contributed by atoms with Crippen molar-refractivity contribution in [1.29, 1.82) is 0 Å². The molecule has 21 heavy (non-hydrogen) atoms. The van der Waals surface area contributed by atoms with Crippen LogP contribution < -0.4 is 5.32 Å². The molecule has 2 aromatic rings. The van der Waals surface area contributed by atoms with Crippen LogP contribution in [0, 0.1) is 6.92 Å². The van der Waals surface area contributed by atoms with Crippen molar-refractivity contribution in [2.24, 2.45) is 0 Å². The fourth-order valence-electron chi connectivity index (χ4n) is 2.68. The van der Waals surface area contributed by atoms with E-state index in [1.54, 1.807) is 18.1 Å². The monoisotopic (exact) mass is 299 g/mol. The molecule has 0 bridgehead atoms. The maximum atomic E-state index is 4.45.